The molecule has 0 bridgehead atoms. The molecule has 0 fully saturated rings. The van der Waals surface area contributed by atoms with E-state index < -0.39 is 11.8 Å². The minimum Gasteiger partial charge on any atom is -0.366 e. The number of rotatable bonds is 6. The molecule has 0 aliphatic heterocycles. The topological polar surface area (TPSA) is 72.9 Å². The van der Waals surface area contributed by atoms with Gasteiger partial charge in [-0.05, 0) is 42.8 Å². The van der Waals surface area contributed by atoms with Gasteiger partial charge in [-0.15, -0.1) is 0 Å². The molecule has 0 atom stereocenters. The zero-order valence-electron chi connectivity index (χ0n) is 17.2. The maximum atomic E-state index is 14.2. The molecule has 0 aliphatic carbocycles. The number of halogens is 2. The number of fused-ring (bicyclic) bond motifs is 1. The number of aryl methyl sites for hydroxylation is 1. The van der Waals surface area contributed by atoms with Crippen molar-refractivity contribution in [1.29, 1.82) is 0 Å². The van der Waals surface area contributed by atoms with E-state index in [1.54, 1.807) is 36.4 Å². The van der Waals surface area contributed by atoms with Crippen molar-refractivity contribution in [1.82, 2.24) is 9.55 Å². The average molecular weight is 420 g/mol. The Morgan fingerprint density at radius 3 is 2.48 bits per heavy atom. The number of nitrogens with two attached hydrogens (primary N) is 1. The van der Waals surface area contributed by atoms with E-state index in [4.69, 9.17) is 5.73 Å². The fraction of sp³-hybridized carbons (Fsp3) is 0.167. The largest absolute Gasteiger partial charge is 0.366 e. The molecule has 5 nitrogen and oxygen atoms in total. The number of carbonyl (C=O) groups is 1. The number of imidazole rings is 1. The molecule has 0 saturated carbocycles. The second kappa shape index (κ2) is 7.83. The van der Waals surface area contributed by atoms with Crippen LogP contribution in [0, 0.1) is 6.92 Å². The zero-order valence-corrected chi connectivity index (χ0v) is 17.2. The highest BCUT2D eigenvalue weighted by atomic mass is 19.3. The Bertz CT molecular complexity index is 1260. The number of aromatic nitrogens is 2. The molecular formula is C24H22F2N4O. The lowest BCUT2D eigenvalue weighted by Gasteiger charge is -2.18. The number of carbonyl (C=O) groups excluding carboxylic acids is 1. The smallest absolute Gasteiger partial charge is 0.270 e. The van der Waals surface area contributed by atoms with E-state index in [-0.39, 0.29) is 12.1 Å². The summed E-state index contributed by atoms with van der Waals surface area (Å²) in [5.74, 6) is -3.05. The number of nitrogens with zero attached hydrogens (tertiary/aromatic N) is 2. The third-order valence-corrected chi connectivity index (χ3v) is 5.16. The van der Waals surface area contributed by atoms with Gasteiger partial charge in [0.1, 0.15) is 0 Å². The van der Waals surface area contributed by atoms with Crippen molar-refractivity contribution in [3.8, 4) is 0 Å². The van der Waals surface area contributed by atoms with E-state index in [1.807, 2.05) is 35.8 Å². The predicted molar refractivity (Wildman–Crippen MR) is 118 cm³/mol. The fourth-order valence-corrected chi connectivity index (χ4v) is 3.56. The Balaban J connectivity index is 1.84. The zero-order chi connectivity index (χ0) is 22.2. The van der Waals surface area contributed by atoms with Crippen molar-refractivity contribution in [2.24, 2.45) is 5.73 Å². The van der Waals surface area contributed by atoms with Crippen LogP contribution in [0.25, 0.3) is 11.0 Å². The van der Waals surface area contributed by atoms with Crippen LogP contribution in [0.3, 0.4) is 0 Å². The molecule has 1 amide bonds. The fourth-order valence-electron chi connectivity index (χ4n) is 3.56. The maximum absolute atomic E-state index is 14.2. The van der Waals surface area contributed by atoms with Crippen LogP contribution in [-0.4, -0.2) is 15.5 Å². The van der Waals surface area contributed by atoms with Crippen molar-refractivity contribution in [2.75, 3.05) is 5.32 Å². The average Bonchev–Trinajstić information content (AvgIpc) is 3.05. The van der Waals surface area contributed by atoms with Gasteiger partial charge in [-0.1, -0.05) is 42.0 Å². The van der Waals surface area contributed by atoms with Gasteiger partial charge < -0.3 is 15.6 Å². The molecule has 0 spiro atoms. The highest BCUT2D eigenvalue weighted by Gasteiger charge is 2.27. The second-order valence-electron chi connectivity index (χ2n) is 7.63. The van der Waals surface area contributed by atoms with E-state index in [9.17, 15) is 13.6 Å². The molecule has 0 radical (unpaired) electrons. The van der Waals surface area contributed by atoms with Crippen LogP contribution in [0.5, 0.6) is 0 Å². The van der Waals surface area contributed by atoms with Crippen molar-refractivity contribution in [2.45, 2.75) is 26.3 Å². The van der Waals surface area contributed by atoms with E-state index in [0.717, 1.165) is 18.2 Å². The van der Waals surface area contributed by atoms with Gasteiger partial charge in [0.2, 0.25) is 11.9 Å². The first-order chi connectivity index (χ1) is 14.7. The minimum absolute atomic E-state index is 0.0353. The lowest BCUT2D eigenvalue weighted by Crippen LogP contribution is -2.14. The van der Waals surface area contributed by atoms with Gasteiger partial charge in [0.25, 0.3) is 5.92 Å². The van der Waals surface area contributed by atoms with Crippen molar-refractivity contribution in [3.63, 3.8) is 0 Å². The molecule has 4 rings (SSSR count). The molecule has 4 aromatic rings. The van der Waals surface area contributed by atoms with Gasteiger partial charge in [0.05, 0.1) is 17.6 Å². The van der Waals surface area contributed by atoms with E-state index in [2.05, 4.69) is 10.3 Å². The SMILES string of the molecule is Cc1ccc(Nc2nc3cc(C(N)=O)ccc3n2Cc2ccccc2C(C)(F)F)cc1. The van der Waals surface area contributed by atoms with Gasteiger partial charge >= 0.3 is 0 Å². The highest BCUT2D eigenvalue weighted by molar-refractivity contribution is 5.96. The number of primary amides is 1. The maximum Gasteiger partial charge on any atom is 0.270 e. The van der Waals surface area contributed by atoms with Crippen LogP contribution >= 0.6 is 0 Å². The Kier molecular flexibility index (Phi) is 5.19. The van der Waals surface area contributed by atoms with Gasteiger partial charge in [0.15, 0.2) is 0 Å². The van der Waals surface area contributed by atoms with Crippen molar-refractivity contribution < 1.29 is 13.6 Å². The highest BCUT2D eigenvalue weighted by Crippen LogP contribution is 2.32. The Morgan fingerprint density at radius 2 is 1.81 bits per heavy atom. The van der Waals surface area contributed by atoms with Crippen molar-refractivity contribution >= 4 is 28.6 Å². The van der Waals surface area contributed by atoms with Gasteiger partial charge in [-0.25, -0.2) is 13.8 Å². The Hall–Kier alpha value is -3.74. The van der Waals surface area contributed by atoms with Crippen LogP contribution in [0.15, 0.2) is 66.7 Å². The number of amides is 1. The molecule has 3 aromatic carbocycles. The summed E-state index contributed by atoms with van der Waals surface area (Å²) in [4.78, 5) is 16.2. The molecule has 0 aliphatic rings. The van der Waals surface area contributed by atoms with E-state index in [0.29, 0.717) is 28.1 Å². The van der Waals surface area contributed by atoms with Crippen LogP contribution in [-0.2, 0) is 12.5 Å². The summed E-state index contributed by atoms with van der Waals surface area (Å²) in [6.45, 7) is 3.06. The molecule has 31 heavy (non-hydrogen) atoms. The quantitative estimate of drug-likeness (QED) is 0.442. The molecule has 1 aromatic heterocycles. The number of benzene rings is 3. The Labute approximate surface area is 178 Å². The summed E-state index contributed by atoms with van der Waals surface area (Å²) >= 11 is 0. The lowest BCUT2D eigenvalue weighted by atomic mass is 10.0. The summed E-state index contributed by atoms with van der Waals surface area (Å²) in [5.41, 5.74) is 9.37. The summed E-state index contributed by atoms with van der Waals surface area (Å²) in [6.07, 6.45) is 0. The van der Waals surface area contributed by atoms with E-state index in [1.165, 1.54) is 6.07 Å². The number of anilines is 2. The van der Waals surface area contributed by atoms with Gasteiger partial charge in [-0.3, -0.25) is 4.79 Å². The summed E-state index contributed by atoms with van der Waals surface area (Å²) in [5, 5.41) is 3.26. The first-order valence-electron chi connectivity index (χ1n) is 9.82. The third-order valence-electron chi connectivity index (χ3n) is 5.16. The molecule has 3 N–H and O–H groups in total. The molecule has 0 saturated heterocycles. The van der Waals surface area contributed by atoms with Gasteiger partial charge in [0, 0.05) is 23.7 Å². The number of hydrogen-bond acceptors (Lipinski definition) is 3. The molecule has 0 unspecified atom stereocenters. The first-order valence-corrected chi connectivity index (χ1v) is 9.82. The first kappa shape index (κ1) is 20.5. The van der Waals surface area contributed by atoms with Crippen LogP contribution in [0.4, 0.5) is 20.4 Å². The standard InChI is InChI=1S/C24H22F2N4O/c1-15-7-10-18(11-8-15)28-23-29-20-13-16(22(27)31)9-12-21(20)30(23)14-17-5-3-4-6-19(17)24(2,25)26/h3-13H,14H2,1-2H3,(H2,27,31)(H,28,29). The molecule has 158 valence electrons. The number of hydrogen-bond donors (Lipinski definition) is 2. The molecular weight excluding hydrogens is 398 g/mol. The third kappa shape index (κ3) is 4.26. The molecule has 7 heteroatoms. The summed E-state index contributed by atoms with van der Waals surface area (Å²) in [6, 6.07) is 19.2. The van der Waals surface area contributed by atoms with Crippen molar-refractivity contribution in [3.05, 3.63) is 89.0 Å². The number of nitrogens with one attached hydrogen (secondary N) is 1. The Morgan fingerprint density at radius 1 is 1.10 bits per heavy atom. The normalized spacial score (nSPS) is 11.6. The minimum atomic E-state index is -2.98. The predicted octanol–water partition coefficient (Wildman–Crippen LogP) is 5.35. The second-order valence-corrected chi connectivity index (χ2v) is 7.63. The van der Waals surface area contributed by atoms with Crippen LogP contribution in [0.2, 0.25) is 0 Å². The van der Waals surface area contributed by atoms with Gasteiger partial charge in [-0.2, -0.15) is 0 Å². The van der Waals surface area contributed by atoms with E-state index >= 15 is 0 Å². The lowest BCUT2D eigenvalue weighted by molar-refractivity contribution is 0.0165. The summed E-state index contributed by atoms with van der Waals surface area (Å²) in [7, 11) is 0. The summed E-state index contributed by atoms with van der Waals surface area (Å²) < 4.78 is 30.2. The van der Waals surface area contributed by atoms with Crippen LogP contribution < -0.4 is 11.1 Å². The molecule has 1 heterocycles. The van der Waals surface area contributed by atoms with Crippen LogP contribution in [0.1, 0.15) is 34.0 Å². The monoisotopic (exact) mass is 420 g/mol. The number of alkyl halides is 2.